The third-order valence-electron chi connectivity index (χ3n) is 5.43. The number of hydrogen-bond donors (Lipinski definition) is 1. The molecule has 2 aromatic carbocycles. The first-order valence-corrected chi connectivity index (χ1v) is 10.8. The molecule has 0 aromatic heterocycles. The zero-order valence-electron chi connectivity index (χ0n) is 17.7. The predicted octanol–water partition coefficient (Wildman–Crippen LogP) is 4.65. The second kappa shape index (κ2) is 9.98. The van der Waals surface area contributed by atoms with Crippen LogP contribution in [0, 0.1) is 0 Å². The quantitative estimate of drug-likeness (QED) is 0.728. The first kappa shape index (κ1) is 22.2. The molecule has 3 rings (SSSR count). The van der Waals surface area contributed by atoms with E-state index in [4.69, 9.17) is 16.3 Å². The van der Waals surface area contributed by atoms with E-state index >= 15 is 0 Å². The van der Waals surface area contributed by atoms with Gasteiger partial charge in [-0.3, -0.25) is 9.59 Å². The summed E-state index contributed by atoms with van der Waals surface area (Å²) in [5, 5.41) is 3.61. The normalized spacial score (nSPS) is 15.7. The smallest absolute Gasteiger partial charge is 0.260 e. The molecular weight excluding hydrogens is 400 g/mol. The zero-order valence-corrected chi connectivity index (χ0v) is 18.5. The molecule has 1 saturated heterocycles. The van der Waals surface area contributed by atoms with Crippen molar-refractivity contribution in [2.45, 2.75) is 51.7 Å². The zero-order chi connectivity index (χ0) is 21.7. The minimum Gasteiger partial charge on any atom is -0.481 e. The third kappa shape index (κ3) is 5.76. The Bertz CT molecular complexity index is 874. The summed E-state index contributed by atoms with van der Waals surface area (Å²) in [7, 11) is 0. The van der Waals surface area contributed by atoms with Gasteiger partial charge in [-0.1, -0.05) is 43.6 Å². The minimum atomic E-state index is -0.582. The Morgan fingerprint density at radius 1 is 1.07 bits per heavy atom. The summed E-state index contributed by atoms with van der Waals surface area (Å²) >= 11 is 5.99. The van der Waals surface area contributed by atoms with Gasteiger partial charge in [-0.2, -0.15) is 0 Å². The summed E-state index contributed by atoms with van der Waals surface area (Å²) in [4.78, 5) is 27.0. The van der Waals surface area contributed by atoms with Crippen LogP contribution in [0.3, 0.4) is 0 Å². The molecule has 1 fully saturated rings. The van der Waals surface area contributed by atoms with Gasteiger partial charge in [-0.05, 0) is 61.6 Å². The lowest BCUT2D eigenvalue weighted by Crippen LogP contribution is -2.49. The van der Waals surface area contributed by atoms with Gasteiger partial charge in [0, 0.05) is 29.7 Å². The van der Waals surface area contributed by atoms with E-state index in [0.717, 1.165) is 0 Å². The van der Waals surface area contributed by atoms with E-state index in [1.807, 2.05) is 29.2 Å². The van der Waals surface area contributed by atoms with Crippen LogP contribution in [-0.2, 0) is 4.79 Å². The van der Waals surface area contributed by atoms with Crippen molar-refractivity contribution in [1.82, 2.24) is 10.2 Å². The van der Waals surface area contributed by atoms with Crippen LogP contribution in [0.15, 0.2) is 48.5 Å². The van der Waals surface area contributed by atoms with Crippen LogP contribution >= 0.6 is 11.6 Å². The fourth-order valence-electron chi connectivity index (χ4n) is 3.54. The van der Waals surface area contributed by atoms with Gasteiger partial charge in [0.15, 0.2) is 6.10 Å². The number of carbonyl (C=O) groups is 2. The van der Waals surface area contributed by atoms with Crippen molar-refractivity contribution in [2.24, 2.45) is 0 Å². The molecule has 6 heteroatoms. The van der Waals surface area contributed by atoms with Crippen molar-refractivity contribution in [1.29, 1.82) is 0 Å². The van der Waals surface area contributed by atoms with Gasteiger partial charge in [0.1, 0.15) is 5.75 Å². The topological polar surface area (TPSA) is 58.6 Å². The molecular formula is C24H29ClN2O3. The van der Waals surface area contributed by atoms with Crippen LogP contribution in [0.2, 0.25) is 5.02 Å². The highest BCUT2D eigenvalue weighted by Crippen LogP contribution is 2.20. The number of rotatable bonds is 6. The van der Waals surface area contributed by atoms with Crippen LogP contribution in [0.4, 0.5) is 0 Å². The number of hydrogen-bond acceptors (Lipinski definition) is 3. The van der Waals surface area contributed by atoms with Gasteiger partial charge in [0.05, 0.1) is 0 Å². The maximum atomic E-state index is 12.6. The Morgan fingerprint density at radius 3 is 2.33 bits per heavy atom. The second-order valence-corrected chi connectivity index (χ2v) is 8.51. The highest BCUT2D eigenvalue weighted by Gasteiger charge is 2.26. The molecule has 2 amide bonds. The summed E-state index contributed by atoms with van der Waals surface area (Å²) in [6, 6.07) is 14.9. The fraction of sp³-hybridized carbons (Fsp3) is 0.417. The molecule has 5 nitrogen and oxygen atoms in total. The SMILES string of the molecule is CC(Oc1ccc(C(C)C)cc1)C(=O)NC1CCN(C(=O)c2cccc(Cl)c2)CC1. The van der Waals surface area contributed by atoms with E-state index in [1.54, 1.807) is 31.2 Å². The number of nitrogens with one attached hydrogen (secondary N) is 1. The standard InChI is InChI=1S/C24H29ClN2O3/c1-16(2)18-7-9-22(10-8-18)30-17(3)23(28)26-21-11-13-27(14-12-21)24(29)19-5-4-6-20(25)15-19/h4-10,15-17,21H,11-14H2,1-3H3,(H,26,28). The first-order chi connectivity index (χ1) is 14.3. The monoisotopic (exact) mass is 428 g/mol. The van der Waals surface area contributed by atoms with Crippen molar-refractivity contribution < 1.29 is 14.3 Å². The molecule has 160 valence electrons. The van der Waals surface area contributed by atoms with Gasteiger partial charge >= 0.3 is 0 Å². The predicted molar refractivity (Wildman–Crippen MR) is 119 cm³/mol. The number of likely N-dealkylation sites (tertiary alicyclic amines) is 1. The molecule has 30 heavy (non-hydrogen) atoms. The Labute approximate surface area is 183 Å². The van der Waals surface area contributed by atoms with Crippen molar-refractivity contribution in [2.75, 3.05) is 13.1 Å². The molecule has 2 aromatic rings. The fourth-order valence-corrected chi connectivity index (χ4v) is 3.73. The number of piperidine rings is 1. The van der Waals surface area contributed by atoms with Crippen molar-refractivity contribution in [3.8, 4) is 5.75 Å². The molecule has 0 saturated carbocycles. The Hall–Kier alpha value is -2.53. The van der Waals surface area contributed by atoms with Crippen LogP contribution in [0.25, 0.3) is 0 Å². The molecule has 1 aliphatic rings. The number of carbonyl (C=O) groups excluding carboxylic acids is 2. The van der Waals surface area contributed by atoms with Gasteiger partial charge in [0.25, 0.3) is 11.8 Å². The van der Waals surface area contributed by atoms with E-state index in [9.17, 15) is 9.59 Å². The highest BCUT2D eigenvalue weighted by atomic mass is 35.5. The number of benzene rings is 2. The van der Waals surface area contributed by atoms with Crippen LogP contribution in [0.1, 0.15) is 55.5 Å². The molecule has 0 radical (unpaired) electrons. The van der Waals surface area contributed by atoms with E-state index in [0.29, 0.717) is 48.2 Å². The molecule has 1 N–H and O–H groups in total. The van der Waals surface area contributed by atoms with Crippen LogP contribution < -0.4 is 10.1 Å². The molecule has 1 heterocycles. The van der Waals surface area contributed by atoms with Crippen molar-refractivity contribution in [3.63, 3.8) is 0 Å². The van der Waals surface area contributed by atoms with E-state index in [2.05, 4.69) is 19.2 Å². The van der Waals surface area contributed by atoms with E-state index < -0.39 is 6.10 Å². The van der Waals surface area contributed by atoms with Crippen LogP contribution in [-0.4, -0.2) is 41.9 Å². The van der Waals surface area contributed by atoms with Gasteiger partial charge in [-0.15, -0.1) is 0 Å². The van der Waals surface area contributed by atoms with Crippen molar-refractivity contribution >= 4 is 23.4 Å². The molecule has 0 aliphatic carbocycles. The Kier molecular flexibility index (Phi) is 7.38. The lowest BCUT2D eigenvalue weighted by molar-refractivity contribution is -0.128. The van der Waals surface area contributed by atoms with Crippen molar-refractivity contribution in [3.05, 3.63) is 64.7 Å². The Balaban J connectivity index is 1.47. The van der Waals surface area contributed by atoms with Gasteiger partial charge < -0.3 is 15.0 Å². The summed E-state index contributed by atoms with van der Waals surface area (Å²) < 4.78 is 5.79. The number of halogens is 1. The van der Waals surface area contributed by atoms with Gasteiger partial charge in [-0.25, -0.2) is 0 Å². The lowest BCUT2D eigenvalue weighted by atomic mass is 10.0. The average molecular weight is 429 g/mol. The summed E-state index contributed by atoms with van der Waals surface area (Å²) in [6.07, 6.45) is 0.850. The van der Waals surface area contributed by atoms with E-state index in [1.165, 1.54) is 5.56 Å². The summed E-state index contributed by atoms with van der Waals surface area (Å²) in [5.74, 6) is 0.978. The summed E-state index contributed by atoms with van der Waals surface area (Å²) in [5.41, 5.74) is 1.83. The highest BCUT2D eigenvalue weighted by molar-refractivity contribution is 6.30. The van der Waals surface area contributed by atoms with E-state index in [-0.39, 0.29) is 17.9 Å². The second-order valence-electron chi connectivity index (χ2n) is 8.07. The molecule has 0 bridgehead atoms. The molecule has 1 atom stereocenters. The number of nitrogens with zero attached hydrogens (tertiary/aromatic N) is 1. The molecule has 0 spiro atoms. The Morgan fingerprint density at radius 2 is 1.73 bits per heavy atom. The molecule has 1 aliphatic heterocycles. The molecule has 1 unspecified atom stereocenters. The number of amides is 2. The maximum absolute atomic E-state index is 12.6. The first-order valence-electron chi connectivity index (χ1n) is 10.5. The lowest BCUT2D eigenvalue weighted by Gasteiger charge is -2.33. The average Bonchev–Trinajstić information content (AvgIpc) is 2.74. The van der Waals surface area contributed by atoms with Gasteiger partial charge in [0.2, 0.25) is 0 Å². The summed E-state index contributed by atoms with van der Waals surface area (Å²) in [6.45, 7) is 7.23. The minimum absolute atomic E-state index is 0.0242. The van der Waals surface area contributed by atoms with Crippen LogP contribution in [0.5, 0.6) is 5.75 Å². The third-order valence-corrected chi connectivity index (χ3v) is 5.66. The number of ether oxygens (including phenoxy) is 1. The largest absolute Gasteiger partial charge is 0.481 e. The maximum Gasteiger partial charge on any atom is 0.260 e.